The van der Waals surface area contributed by atoms with Crippen LogP contribution in [0.2, 0.25) is 0 Å². The second-order valence-electron chi connectivity index (χ2n) is 13.9. The largest absolute Gasteiger partial charge is 0.491 e. The summed E-state index contributed by atoms with van der Waals surface area (Å²) in [5, 5.41) is 6.66. The number of benzene rings is 2. The number of nitrogens with zero attached hydrogens (tertiary/aromatic N) is 2. The molecular formula is C42H53N5O4. The average Bonchev–Trinajstić information content (AvgIpc) is 3.31. The summed E-state index contributed by atoms with van der Waals surface area (Å²) in [5.74, 6) is 0.826. The zero-order valence-electron chi connectivity index (χ0n) is 30.4. The molecule has 2 aromatic carbocycles. The molecule has 3 heterocycles. The second-order valence-corrected chi connectivity index (χ2v) is 13.9. The van der Waals surface area contributed by atoms with Gasteiger partial charge in [-0.25, -0.2) is 0 Å². The van der Waals surface area contributed by atoms with Crippen LogP contribution >= 0.6 is 0 Å². The molecule has 3 aliphatic heterocycles. The molecule has 0 bridgehead atoms. The van der Waals surface area contributed by atoms with Crippen molar-refractivity contribution in [2.45, 2.75) is 76.8 Å². The third-order valence-corrected chi connectivity index (χ3v) is 10.6. The number of allylic oxidation sites excluding steroid dienone is 1. The summed E-state index contributed by atoms with van der Waals surface area (Å²) >= 11 is 0. The van der Waals surface area contributed by atoms with Crippen LogP contribution in [-0.2, 0) is 19.1 Å². The summed E-state index contributed by atoms with van der Waals surface area (Å²) in [7, 11) is 0. The van der Waals surface area contributed by atoms with Crippen LogP contribution in [0.4, 0.5) is 11.4 Å². The molecule has 0 spiro atoms. The SMILES string of the molecule is C=CC1=C(C=C)C2C(C(CCC)CCC)c3ccc(C(=C)NC4(C(=O)Nc5ccc(/C=C/C(N)=O)cc5)CCN(C(C)=O)CC4)cc3N2CCO1. The molecule has 270 valence electrons. The normalized spacial score (nSPS) is 19.5. The Morgan fingerprint density at radius 1 is 1.02 bits per heavy atom. The Balaban J connectivity index is 1.47. The number of anilines is 2. The minimum Gasteiger partial charge on any atom is -0.491 e. The molecule has 0 saturated carbocycles. The van der Waals surface area contributed by atoms with Gasteiger partial charge >= 0.3 is 0 Å². The molecule has 0 aromatic heterocycles. The Labute approximate surface area is 303 Å². The molecule has 3 amide bonds. The van der Waals surface area contributed by atoms with Gasteiger partial charge in [-0.2, -0.15) is 0 Å². The van der Waals surface area contributed by atoms with Crippen molar-refractivity contribution in [1.29, 1.82) is 0 Å². The Morgan fingerprint density at radius 3 is 2.29 bits per heavy atom. The number of nitrogens with two attached hydrogens (primary N) is 1. The van der Waals surface area contributed by atoms with Crippen LogP contribution in [-0.4, -0.2) is 60.4 Å². The maximum absolute atomic E-state index is 14.2. The molecule has 1 saturated heterocycles. The molecule has 0 radical (unpaired) electrons. The highest BCUT2D eigenvalue weighted by atomic mass is 16.5. The van der Waals surface area contributed by atoms with Gasteiger partial charge in [0.25, 0.3) is 0 Å². The van der Waals surface area contributed by atoms with Gasteiger partial charge in [-0.05, 0) is 65.8 Å². The molecule has 2 atom stereocenters. The quantitative estimate of drug-likeness (QED) is 0.186. The average molecular weight is 692 g/mol. The summed E-state index contributed by atoms with van der Waals surface area (Å²) < 4.78 is 6.20. The van der Waals surface area contributed by atoms with E-state index in [1.807, 2.05) is 24.3 Å². The minimum atomic E-state index is -1.00. The zero-order chi connectivity index (χ0) is 36.7. The van der Waals surface area contributed by atoms with Crippen LogP contribution in [0.15, 0.2) is 91.8 Å². The lowest BCUT2D eigenvalue weighted by Crippen LogP contribution is -2.60. The summed E-state index contributed by atoms with van der Waals surface area (Å²) in [4.78, 5) is 41.8. The molecule has 9 nitrogen and oxygen atoms in total. The summed E-state index contributed by atoms with van der Waals surface area (Å²) in [6, 6.07) is 13.9. The number of hydrogen-bond acceptors (Lipinski definition) is 6. The summed E-state index contributed by atoms with van der Waals surface area (Å²) in [6.07, 6.45) is 12.0. The van der Waals surface area contributed by atoms with Gasteiger partial charge in [0.2, 0.25) is 17.7 Å². The maximum atomic E-state index is 14.2. The van der Waals surface area contributed by atoms with Crippen LogP contribution in [0, 0.1) is 5.92 Å². The summed E-state index contributed by atoms with van der Waals surface area (Å²) in [5.41, 5.74) is 10.7. The van der Waals surface area contributed by atoms with Crippen LogP contribution in [0.25, 0.3) is 11.8 Å². The topological polar surface area (TPSA) is 117 Å². The number of amides is 3. The van der Waals surface area contributed by atoms with E-state index in [1.54, 1.807) is 30.0 Å². The van der Waals surface area contributed by atoms with Crippen molar-refractivity contribution in [3.63, 3.8) is 0 Å². The molecule has 1 fully saturated rings. The second kappa shape index (κ2) is 16.3. The first-order valence-corrected chi connectivity index (χ1v) is 18.2. The predicted octanol–water partition coefficient (Wildman–Crippen LogP) is 6.91. The van der Waals surface area contributed by atoms with E-state index in [2.05, 4.69) is 67.3 Å². The Hall–Kier alpha value is -5.05. The van der Waals surface area contributed by atoms with E-state index in [9.17, 15) is 14.4 Å². The van der Waals surface area contributed by atoms with Gasteiger partial charge in [-0.3, -0.25) is 14.4 Å². The van der Waals surface area contributed by atoms with Crippen LogP contribution in [0.3, 0.4) is 0 Å². The van der Waals surface area contributed by atoms with Gasteiger partial charge in [0.15, 0.2) is 0 Å². The van der Waals surface area contributed by atoms with Gasteiger partial charge < -0.3 is 30.9 Å². The molecule has 9 heteroatoms. The van der Waals surface area contributed by atoms with Crippen molar-refractivity contribution in [2.24, 2.45) is 11.7 Å². The fraction of sp³-hybridized carbons (Fsp3) is 0.405. The standard InChI is InChI=1S/C42H53N5O4/c1-7-11-31(12-8-2)39-35-19-16-32(27-36(35)47-25-26-51-37(10-4)34(9-3)40(39)47)28(5)45-42(21-23-46(24-22-42)29(6)48)41(50)44-33-17-13-30(14-18-33)15-20-38(43)49/h9-10,13-20,27,31,39-40,45H,3-5,7-8,11-12,21-26H2,1-2,6H3,(H2,43,49)(H,44,50)/b20-15+. The van der Waals surface area contributed by atoms with Gasteiger partial charge in [-0.15, -0.1) is 0 Å². The van der Waals surface area contributed by atoms with E-state index in [4.69, 9.17) is 10.5 Å². The number of rotatable bonds is 14. The van der Waals surface area contributed by atoms with Crippen molar-refractivity contribution >= 4 is 40.9 Å². The van der Waals surface area contributed by atoms with Gasteiger partial charge in [0.1, 0.15) is 17.9 Å². The molecule has 3 aliphatic rings. The lowest BCUT2D eigenvalue weighted by atomic mass is 9.75. The van der Waals surface area contributed by atoms with Crippen molar-refractivity contribution in [1.82, 2.24) is 10.2 Å². The predicted molar refractivity (Wildman–Crippen MR) is 207 cm³/mol. The monoisotopic (exact) mass is 691 g/mol. The number of likely N-dealkylation sites (tertiary alicyclic amines) is 1. The van der Waals surface area contributed by atoms with Crippen molar-refractivity contribution in [2.75, 3.05) is 36.5 Å². The molecule has 4 N–H and O–H groups in total. The summed E-state index contributed by atoms with van der Waals surface area (Å²) in [6.45, 7) is 21.0. The number of hydrogen-bond donors (Lipinski definition) is 3. The Morgan fingerprint density at radius 2 is 1.71 bits per heavy atom. The first-order valence-electron chi connectivity index (χ1n) is 18.2. The highest BCUT2D eigenvalue weighted by Crippen LogP contribution is 2.51. The number of piperidine rings is 1. The third kappa shape index (κ3) is 7.98. The lowest BCUT2D eigenvalue weighted by molar-refractivity contribution is -0.133. The Kier molecular flexibility index (Phi) is 11.9. The first kappa shape index (κ1) is 37.2. The van der Waals surface area contributed by atoms with Crippen molar-refractivity contribution in [3.8, 4) is 0 Å². The van der Waals surface area contributed by atoms with Gasteiger partial charge in [-0.1, -0.05) is 89.6 Å². The smallest absolute Gasteiger partial charge is 0.250 e. The Bertz CT molecular complexity index is 1710. The third-order valence-electron chi connectivity index (χ3n) is 10.6. The van der Waals surface area contributed by atoms with Gasteiger partial charge in [0, 0.05) is 54.7 Å². The fourth-order valence-electron chi connectivity index (χ4n) is 8.11. The van der Waals surface area contributed by atoms with E-state index in [0.717, 1.165) is 60.4 Å². The number of ether oxygens (including phenoxy) is 1. The highest BCUT2D eigenvalue weighted by Gasteiger charge is 2.46. The van der Waals surface area contributed by atoms with E-state index >= 15 is 0 Å². The number of carbonyl (C=O) groups excluding carboxylic acids is 3. The zero-order valence-corrected chi connectivity index (χ0v) is 30.4. The van der Waals surface area contributed by atoms with Crippen molar-refractivity contribution in [3.05, 3.63) is 108 Å². The molecular weight excluding hydrogens is 638 g/mol. The number of fused-ring (bicyclic) bond motifs is 3. The van der Waals surface area contributed by atoms with Crippen LogP contribution in [0.1, 0.15) is 81.9 Å². The van der Waals surface area contributed by atoms with E-state index in [-0.39, 0.29) is 23.8 Å². The number of carbonyl (C=O) groups is 3. The van der Waals surface area contributed by atoms with Gasteiger partial charge in [0.05, 0.1) is 12.6 Å². The van der Waals surface area contributed by atoms with Crippen LogP contribution in [0.5, 0.6) is 0 Å². The molecule has 2 aromatic rings. The van der Waals surface area contributed by atoms with E-state index in [0.29, 0.717) is 49.8 Å². The molecule has 5 rings (SSSR count). The van der Waals surface area contributed by atoms with E-state index < -0.39 is 11.4 Å². The number of nitrogens with one attached hydrogen (secondary N) is 2. The molecule has 2 unspecified atom stereocenters. The fourth-order valence-corrected chi connectivity index (χ4v) is 8.11. The highest BCUT2D eigenvalue weighted by molar-refractivity contribution is 5.99. The maximum Gasteiger partial charge on any atom is 0.250 e. The molecule has 51 heavy (non-hydrogen) atoms. The first-order chi connectivity index (χ1) is 24.5. The molecule has 0 aliphatic carbocycles. The van der Waals surface area contributed by atoms with Crippen LogP contribution < -0.4 is 21.3 Å². The number of primary amides is 1. The van der Waals surface area contributed by atoms with Crippen molar-refractivity contribution < 1.29 is 19.1 Å². The lowest BCUT2D eigenvalue weighted by Gasteiger charge is -2.42. The minimum absolute atomic E-state index is 0.0106. The van der Waals surface area contributed by atoms with E-state index in [1.165, 1.54) is 11.6 Å².